The summed E-state index contributed by atoms with van der Waals surface area (Å²) in [6, 6.07) is 8.43. The molecule has 0 aliphatic carbocycles. The van der Waals surface area contributed by atoms with Crippen LogP contribution in [0.2, 0.25) is 0 Å². The largest absolute Gasteiger partial charge is 0.394 e. The standard InChI is InChI=1S/C12H19NO/c1-3-4-12(9-14)13-11-7-5-10(2)6-8-11/h5-8,12-14H,3-4,9H2,1-2H3/t12-/m0/s1. The second-order valence-corrected chi connectivity index (χ2v) is 3.68. The first kappa shape index (κ1) is 11.1. The van der Waals surface area contributed by atoms with E-state index in [0.29, 0.717) is 0 Å². The van der Waals surface area contributed by atoms with Gasteiger partial charge >= 0.3 is 0 Å². The lowest BCUT2D eigenvalue weighted by atomic mass is 10.1. The molecule has 1 aromatic rings. The molecule has 0 aliphatic rings. The lowest BCUT2D eigenvalue weighted by Gasteiger charge is -2.16. The number of rotatable bonds is 5. The molecular weight excluding hydrogens is 174 g/mol. The molecular formula is C12H19NO. The van der Waals surface area contributed by atoms with E-state index in [4.69, 9.17) is 5.11 Å². The number of hydrogen-bond donors (Lipinski definition) is 2. The molecule has 0 heterocycles. The summed E-state index contributed by atoms with van der Waals surface area (Å²) in [6.45, 7) is 4.39. The van der Waals surface area contributed by atoms with Crippen molar-refractivity contribution in [1.29, 1.82) is 0 Å². The summed E-state index contributed by atoms with van der Waals surface area (Å²) < 4.78 is 0. The van der Waals surface area contributed by atoms with Crippen LogP contribution in [-0.2, 0) is 0 Å². The minimum Gasteiger partial charge on any atom is -0.394 e. The Balaban J connectivity index is 2.53. The van der Waals surface area contributed by atoms with Crippen molar-refractivity contribution < 1.29 is 5.11 Å². The molecule has 0 aliphatic heterocycles. The fourth-order valence-electron chi connectivity index (χ4n) is 1.44. The van der Waals surface area contributed by atoms with Gasteiger partial charge in [0.15, 0.2) is 0 Å². The van der Waals surface area contributed by atoms with E-state index in [1.54, 1.807) is 0 Å². The fraction of sp³-hybridized carbons (Fsp3) is 0.500. The average molecular weight is 193 g/mol. The minimum absolute atomic E-state index is 0.183. The van der Waals surface area contributed by atoms with Crippen molar-refractivity contribution in [3.8, 4) is 0 Å². The number of aliphatic hydroxyl groups is 1. The van der Waals surface area contributed by atoms with Gasteiger partial charge in [0.2, 0.25) is 0 Å². The van der Waals surface area contributed by atoms with Crippen LogP contribution >= 0.6 is 0 Å². The smallest absolute Gasteiger partial charge is 0.0632 e. The van der Waals surface area contributed by atoms with E-state index in [0.717, 1.165) is 18.5 Å². The van der Waals surface area contributed by atoms with E-state index in [2.05, 4.69) is 31.3 Å². The molecule has 2 nitrogen and oxygen atoms in total. The summed E-state index contributed by atoms with van der Waals surface area (Å²) in [5.41, 5.74) is 2.34. The van der Waals surface area contributed by atoms with E-state index in [1.807, 2.05) is 12.1 Å². The van der Waals surface area contributed by atoms with Gasteiger partial charge in [-0.05, 0) is 25.5 Å². The molecule has 2 heteroatoms. The zero-order valence-corrected chi connectivity index (χ0v) is 8.96. The number of hydrogen-bond acceptors (Lipinski definition) is 2. The molecule has 0 aromatic heterocycles. The van der Waals surface area contributed by atoms with Gasteiger partial charge in [0, 0.05) is 11.7 Å². The van der Waals surface area contributed by atoms with Gasteiger partial charge in [-0.3, -0.25) is 0 Å². The highest BCUT2D eigenvalue weighted by molar-refractivity contribution is 5.45. The van der Waals surface area contributed by atoms with Crippen molar-refractivity contribution in [3.05, 3.63) is 29.8 Å². The lowest BCUT2D eigenvalue weighted by Crippen LogP contribution is -2.23. The van der Waals surface area contributed by atoms with Crippen LogP contribution in [0.15, 0.2) is 24.3 Å². The Kier molecular flexibility index (Phi) is 4.47. The summed E-state index contributed by atoms with van der Waals surface area (Å²) in [4.78, 5) is 0. The first-order valence-electron chi connectivity index (χ1n) is 5.20. The van der Waals surface area contributed by atoms with Crippen molar-refractivity contribution in [1.82, 2.24) is 0 Å². The van der Waals surface area contributed by atoms with Crippen LogP contribution in [0.3, 0.4) is 0 Å². The van der Waals surface area contributed by atoms with E-state index in [-0.39, 0.29) is 12.6 Å². The van der Waals surface area contributed by atoms with E-state index >= 15 is 0 Å². The average Bonchev–Trinajstić information content (AvgIpc) is 2.20. The quantitative estimate of drug-likeness (QED) is 0.753. The predicted octanol–water partition coefficient (Wildman–Crippen LogP) is 2.57. The van der Waals surface area contributed by atoms with Crippen LogP contribution in [0.5, 0.6) is 0 Å². The van der Waals surface area contributed by atoms with Crippen molar-refractivity contribution >= 4 is 5.69 Å². The van der Waals surface area contributed by atoms with Gasteiger partial charge in [0.1, 0.15) is 0 Å². The highest BCUT2D eigenvalue weighted by atomic mass is 16.3. The van der Waals surface area contributed by atoms with Crippen LogP contribution in [0.4, 0.5) is 5.69 Å². The Morgan fingerprint density at radius 1 is 1.29 bits per heavy atom. The van der Waals surface area contributed by atoms with Crippen molar-refractivity contribution in [2.24, 2.45) is 0 Å². The van der Waals surface area contributed by atoms with Crippen LogP contribution in [0.25, 0.3) is 0 Å². The molecule has 0 spiro atoms. The molecule has 1 aromatic carbocycles. The molecule has 0 fully saturated rings. The SMILES string of the molecule is CCC[C@@H](CO)Nc1ccc(C)cc1. The third-order valence-electron chi connectivity index (χ3n) is 2.28. The van der Waals surface area contributed by atoms with Crippen molar-refractivity contribution in [2.75, 3.05) is 11.9 Å². The summed E-state index contributed by atoms with van der Waals surface area (Å²) in [6.07, 6.45) is 2.09. The molecule has 0 amide bonds. The number of benzene rings is 1. The van der Waals surface area contributed by atoms with Crippen molar-refractivity contribution in [3.63, 3.8) is 0 Å². The molecule has 14 heavy (non-hydrogen) atoms. The molecule has 0 saturated heterocycles. The molecule has 0 bridgehead atoms. The fourth-order valence-corrected chi connectivity index (χ4v) is 1.44. The van der Waals surface area contributed by atoms with Gasteiger partial charge < -0.3 is 10.4 Å². The second kappa shape index (κ2) is 5.66. The highest BCUT2D eigenvalue weighted by Crippen LogP contribution is 2.11. The molecule has 1 atom stereocenters. The summed E-state index contributed by atoms with van der Waals surface area (Å²) in [5, 5.41) is 12.4. The predicted molar refractivity (Wildman–Crippen MR) is 60.6 cm³/mol. The highest BCUT2D eigenvalue weighted by Gasteiger charge is 2.04. The van der Waals surface area contributed by atoms with Crippen LogP contribution in [0, 0.1) is 6.92 Å². The number of aliphatic hydroxyl groups excluding tert-OH is 1. The maximum atomic E-state index is 9.11. The van der Waals surface area contributed by atoms with Crippen LogP contribution < -0.4 is 5.32 Å². The topological polar surface area (TPSA) is 32.3 Å². The van der Waals surface area contributed by atoms with Gasteiger partial charge in [-0.15, -0.1) is 0 Å². The second-order valence-electron chi connectivity index (χ2n) is 3.68. The minimum atomic E-state index is 0.183. The summed E-state index contributed by atoms with van der Waals surface area (Å²) in [5.74, 6) is 0. The zero-order valence-electron chi connectivity index (χ0n) is 8.96. The molecule has 78 valence electrons. The van der Waals surface area contributed by atoms with Gasteiger partial charge in [0.05, 0.1) is 6.61 Å². The Labute approximate surface area is 86.0 Å². The third kappa shape index (κ3) is 3.38. The van der Waals surface area contributed by atoms with E-state index < -0.39 is 0 Å². The van der Waals surface area contributed by atoms with Crippen LogP contribution in [-0.4, -0.2) is 17.8 Å². The van der Waals surface area contributed by atoms with E-state index in [1.165, 1.54) is 5.56 Å². The maximum Gasteiger partial charge on any atom is 0.0632 e. The van der Waals surface area contributed by atoms with Gasteiger partial charge in [-0.2, -0.15) is 0 Å². The molecule has 0 unspecified atom stereocenters. The van der Waals surface area contributed by atoms with Crippen molar-refractivity contribution in [2.45, 2.75) is 32.7 Å². The molecule has 2 N–H and O–H groups in total. The summed E-state index contributed by atoms with van der Waals surface area (Å²) >= 11 is 0. The van der Waals surface area contributed by atoms with Gasteiger partial charge in [-0.25, -0.2) is 0 Å². The Morgan fingerprint density at radius 2 is 1.93 bits per heavy atom. The Morgan fingerprint density at radius 3 is 2.43 bits per heavy atom. The first-order chi connectivity index (χ1) is 6.76. The lowest BCUT2D eigenvalue weighted by molar-refractivity contribution is 0.268. The van der Waals surface area contributed by atoms with Gasteiger partial charge in [-0.1, -0.05) is 31.0 Å². The molecule has 0 saturated carbocycles. The maximum absolute atomic E-state index is 9.11. The van der Waals surface area contributed by atoms with Crippen LogP contribution in [0.1, 0.15) is 25.3 Å². The summed E-state index contributed by atoms with van der Waals surface area (Å²) in [7, 11) is 0. The first-order valence-corrected chi connectivity index (χ1v) is 5.20. The Bertz CT molecular complexity index is 256. The van der Waals surface area contributed by atoms with E-state index in [9.17, 15) is 0 Å². The van der Waals surface area contributed by atoms with Gasteiger partial charge in [0.25, 0.3) is 0 Å². The molecule has 0 radical (unpaired) electrons. The Hall–Kier alpha value is -1.02. The zero-order chi connectivity index (χ0) is 10.4. The number of anilines is 1. The number of aryl methyl sites for hydroxylation is 1. The third-order valence-corrected chi connectivity index (χ3v) is 2.28. The normalized spacial score (nSPS) is 12.5. The molecule has 1 rings (SSSR count). The monoisotopic (exact) mass is 193 g/mol. The number of nitrogens with one attached hydrogen (secondary N) is 1.